The summed E-state index contributed by atoms with van der Waals surface area (Å²) in [5.41, 5.74) is 5.26. The number of rotatable bonds is 10. The fraction of sp³-hybridized carbons (Fsp3) is 0.500. The maximum Gasteiger partial charge on any atom is 0.256 e. The lowest BCUT2D eigenvalue weighted by Gasteiger charge is -2.07. The van der Waals surface area contributed by atoms with Crippen LogP contribution in [0.2, 0.25) is 0 Å². The second-order valence-electron chi connectivity index (χ2n) is 6.68. The van der Waals surface area contributed by atoms with E-state index in [0.717, 1.165) is 37.8 Å². The third kappa shape index (κ3) is 8.57. The van der Waals surface area contributed by atoms with E-state index >= 15 is 0 Å². The maximum absolute atomic E-state index is 5.25. The summed E-state index contributed by atoms with van der Waals surface area (Å²) >= 11 is 0. The van der Waals surface area contributed by atoms with E-state index in [1.807, 2.05) is 12.1 Å². The number of pyridine rings is 1. The fourth-order valence-corrected chi connectivity index (χ4v) is 2.50. The highest BCUT2D eigenvalue weighted by atomic mass is 16.5. The zero-order valence-electron chi connectivity index (χ0n) is 16.7. The summed E-state index contributed by atoms with van der Waals surface area (Å²) in [7, 11) is 3.24. The number of ether oxygens (including phenoxy) is 2. The molecule has 1 heterocycles. The fourth-order valence-electron chi connectivity index (χ4n) is 2.50. The van der Waals surface area contributed by atoms with Crippen LogP contribution in [-0.2, 0) is 6.42 Å². The lowest BCUT2D eigenvalue weighted by atomic mass is 10.1. The molecule has 0 unspecified atom stereocenters. The van der Waals surface area contributed by atoms with E-state index < -0.39 is 0 Å². The molecule has 0 aromatic carbocycles. The molecule has 3 nitrogen and oxygen atoms in total. The molecule has 0 radical (unpaired) electrons. The van der Waals surface area contributed by atoms with Crippen molar-refractivity contribution in [1.29, 1.82) is 0 Å². The average molecular weight is 344 g/mol. The summed E-state index contributed by atoms with van der Waals surface area (Å²) in [6, 6.07) is 3.89. The van der Waals surface area contributed by atoms with Crippen LogP contribution in [0.1, 0.15) is 59.1 Å². The molecule has 3 heteroatoms. The topological polar surface area (TPSA) is 31.4 Å². The van der Waals surface area contributed by atoms with Gasteiger partial charge in [-0.15, -0.1) is 0 Å². The predicted octanol–water partition coefficient (Wildman–Crippen LogP) is 6.06. The molecule has 0 saturated carbocycles. The van der Waals surface area contributed by atoms with Gasteiger partial charge in [0.15, 0.2) is 5.75 Å². The van der Waals surface area contributed by atoms with Crippen molar-refractivity contribution in [3.8, 4) is 11.6 Å². The second kappa shape index (κ2) is 11.5. The third-order valence-corrected chi connectivity index (χ3v) is 4.08. The van der Waals surface area contributed by atoms with Crippen LogP contribution in [0, 0.1) is 0 Å². The molecule has 0 saturated heterocycles. The van der Waals surface area contributed by atoms with Crippen LogP contribution in [0.4, 0.5) is 0 Å². The average Bonchev–Trinajstić information content (AvgIpc) is 2.59. The summed E-state index contributed by atoms with van der Waals surface area (Å²) in [6.45, 7) is 8.72. The molecule has 0 aliphatic rings. The van der Waals surface area contributed by atoms with Gasteiger partial charge >= 0.3 is 0 Å². The standard InChI is InChI=1S/C22H33NO2/c1-17(2)9-7-10-18(3)11-8-12-19(4)13-14-20-15-16-21(24-5)22(23-20)25-6/h9,11,13,15-16H,7-8,10,12,14H2,1-6H3/b18-11+,19-13+. The van der Waals surface area contributed by atoms with Gasteiger partial charge in [0.25, 0.3) is 5.88 Å². The molecular weight excluding hydrogens is 310 g/mol. The summed E-state index contributed by atoms with van der Waals surface area (Å²) in [6.07, 6.45) is 12.2. The molecule has 1 rings (SSSR count). The van der Waals surface area contributed by atoms with Gasteiger partial charge in [-0.2, -0.15) is 0 Å². The number of hydrogen-bond donors (Lipinski definition) is 0. The van der Waals surface area contributed by atoms with E-state index in [-0.39, 0.29) is 0 Å². The number of allylic oxidation sites excluding steroid dienone is 6. The van der Waals surface area contributed by atoms with Gasteiger partial charge in [0.1, 0.15) is 0 Å². The lowest BCUT2D eigenvalue weighted by molar-refractivity contribution is 0.342. The van der Waals surface area contributed by atoms with Crippen LogP contribution in [0.15, 0.2) is 47.1 Å². The van der Waals surface area contributed by atoms with E-state index in [0.29, 0.717) is 11.6 Å². The molecule has 1 aromatic rings. The molecule has 0 N–H and O–H groups in total. The smallest absolute Gasteiger partial charge is 0.256 e. The Morgan fingerprint density at radius 2 is 1.52 bits per heavy atom. The van der Waals surface area contributed by atoms with Gasteiger partial charge in [-0.1, -0.05) is 34.9 Å². The minimum Gasteiger partial charge on any atom is -0.491 e. The van der Waals surface area contributed by atoms with Crippen LogP contribution in [0.3, 0.4) is 0 Å². The third-order valence-electron chi connectivity index (χ3n) is 4.08. The highest BCUT2D eigenvalue weighted by Gasteiger charge is 2.05. The van der Waals surface area contributed by atoms with Gasteiger partial charge < -0.3 is 9.47 Å². The highest BCUT2D eigenvalue weighted by molar-refractivity contribution is 5.35. The van der Waals surface area contributed by atoms with Crippen LogP contribution in [0.25, 0.3) is 0 Å². The van der Waals surface area contributed by atoms with Gasteiger partial charge in [-0.05, 0) is 65.5 Å². The summed E-state index contributed by atoms with van der Waals surface area (Å²) < 4.78 is 10.5. The van der Waals surface area contributed by atoms with Crippen molar-refractivity contribution < 1.29 is 9.47 Å². The van der Waals surface area contributed by atoms with Crippen LogP contribution in [-0.4, -0.2) is 19.2 Å². The molecule has 0 fully saturated rings. The number of aromatic nitrogens is 1. The van der Waals surface area contributed by atoms with Gasteiger partial charge in [0.2, 0.25) is 0 Å². The Labute approximate surface area is 153 Å². The molecule has 1 aromatic heterocycles. The molecule has 0 spiro atoms. The van der Waals surface area contributed by atoms with Crippen LogP contribution in [0.5, 0.6) is 11.6 Å². The molecule has 0 aliphatic heterocycles. The Kier molecular flexibility index (Phi) is 9.68. The molecule has 0 amide bonds. The zero-order chi connectivity index (χ0) is 18.7. The van der Waals surface area contributed by atoms with Crippen molar-refractivity contribution in [3.05, 3.63) is 52.8 Å². The Balaban J connectivity index is 2.47. The lowest BCUT2D eigenvalue weighted by Crippen LogP contribution is -1.96. The summed E-state index contributed by atoms with van der Waals surface area (Å²) in [4.78, 5) is 4.48. The van der Waals surface area contributed by atoms with Crippen molar-refractivity contribution >= 4 is 0 Å². The minimum atomic E-state index is 0.543. The van der Waals surface area contributed by atoms with Crippen LogP contribution < -0.4 is 9.47 Å². The van der Waals surface area contributed by atoms with Gasteiger partial charge in [0, 0.05) is 12.1 Å². The first-order valence-corrected chi connectivity index (χ1v) is 8.98. The predicted molar refractivity (Wildman–Crippen MR) is 106 cm³/mol. The SMILES string of the molecule is COc1ccc(C/C=C(\C)CC/C=C(\C)CCC=C(C)C)nc1OC. The van der Waals surface area contributed by atoms with Crippen molar-refractivity contribution in [3.63, 3.8) is 0 Å². The monoisotopic (exact) mass is 343 g/mol. The number of methoxy groups -OCH3 is 2. The first kappa shape index (κ1) is 21.0. The van der Waals surface area contributed by atoms with Crippen molar-refractivity contribution in [2.45, 2.75) is 59.8 Å². The highest BCUT2D eigenvalue weighted by Crippen LogP contribution is 2.24. The first-order valence-electron chi connectivity index (χ1n) is 8.98. The molecule has 0 aliphatic carbocycles. The van der Waals surface area contributed by atoms with E-state index in [1.54, 1.807) is 14.2 Å². The number of hydrogen-bond acceptors (Lipinski definition) is 3. The van der Waals surface area contributed by atoms with E-state index in [9.17, 15) is 0 Å². The van der Waals surface area contributed by atoms with Crippen molar-refractivity contribution in [2.75, 3.05) is 14.2 Å². The van der Waals surface area contributed by atoms with Crippen LogP contribution >= 0.6 is 0 Å². The largest absolute Gasteiger partial charge is 0.491 e. The molecule has 0 bridgehead atoms. The Hall–Kier alpha value is -2.03. The Morgan fingerprint density at radius 3 is 2.12 bits per heavy atom. The molecule has 0 atom stereocenters. The van der Waals surface area contributed by atoms with Gasteiger partial charge in [-0.25, -0.2) is 4.98 Å². The zero-order valence-corrected chi connectivity index (χ0v) is 16.7. The van der Waals surface area contributed by atoms with E-state index in [4.69, 9.17) is 9.47 Å². The molecule has 138 valence electrons. The number of nitrogens with zero attached hydrogens (tertiary/aromatic N) is 1. The Bertz CT molecular complexity index is 623. The van der Waals surface area contributed by atoms with E-state index in [1.165, 1.54) is 16.7 Å². The summed E-state index contributed by atoms with van der Waals surface area (Å²) in [5.74, 6) is 1.21. The molecular formula is C22H33NO2. The maximum atomic E-state index is 5.25. The quantitative estimate of drug-likeness (QED) is 0.484. The minimum absolute atomic E-state index is 0.543. The normalized spacial score (nSPS) is 12.1. The first-order chi connectivity index (χ1) is 12.0. The second-order valence-corrected chi connectivity index (χ2v) is 6.68. The Morgan fingerprint density at radius 1 is 0.880 bits per heavy atom. The van der Waals surface area contributed by atoms with Gasteiger partial charge in [-0.3, -0.25) is 0 Å². The molecule has 25 heavy (non-hydrogen) atoms. The van der Waals surface area contributed by atoms with Crippen molar-refractivity contribution in [1.82, 2.24) is 4.98 Å². The van der Waals surface area contributed by atoms with Gasteiger partial charge in [0.05, 0.1) is 14.2 Å². The summed E-state index contributed by atoms with van der Waals surface area (Å²) in [5, 5.41) is 0. The van der Waals surface area contributed by atoms with Crippen molar-refractivity contribution in [2.24, 2.45) is 0 Å². The van der Waals surface area contributed by atoms with E-state index in [2.05, 4.69) is 50.9 Å².